The maximum Gasteiger partial charge on any atom is 0.330 e. The van der Waals surface area contributed by atoms with Crippen LogP contribution in [0.1, 0.15) is 13.8 Å². The second kappa shape index (κ2) is 8.35. The van der Waals surface area contributed by atoms with E-state index in [0.717, 1.165) is 0 Å². The number of imidazole rings is 1. The zero-order valence-electron chi connectivity index (χ0n) is 13.5. The van der Waals surface area contributed by atoms with Crippen LogP contribution >= 0.6 is 7.60 Å². The first-order valence-electron chi connectivity index (χ1n) is 7.29. The summed E-state index contributed by atoms with van der Waals surface area (Å²) in [4.78, 5) is 12.3. The summed E-state index contributed by atoms with van der Waals surface area (Å²) in [6, 6.07) is 0. The molecule has 9 nitrogen and oxygen atoms in total. The Bertz CT molecular complexity index is 677. The van der Waals surface area contributed by atoms with Crippen molar-refractivity contribution >= 4 is 18.8 Å². The van der Waals surface area contributed by atoms with E-state index >= 15 is 0 Å². The van der Waals surface area contributed by atoms with Crippen molar-refractivity contribution in [2.24, 2.45) is 0 Å². The van der Waals surface area contributed by atoms with Gasteiger partial charge in [0.1, 0.15) is 13.1 Å². The number of ether oxygens (including phenoxy) is 2. The molecule has 1 atom stereocenters. The van der Waals surface area contributed by atoms with Crippen molar-refractivity contribution in [3.05, 3.63) is 12.7 Å². The molecule has 0 saturated carbocycles. The van der Waals surface area contributed by atoms with Crippen LogP contribution in [-0.4, -0.2) is 52.6 Å². The van der Waals surface area contributed by atoms with E-state index in [1.54, 1.807) is 24.7 Å². The van der Waals surface area contributed by atoms with Crippen LogP contribution in [0.2, 0.25) is 0 Å². The molecule has 0 aromatic carbocycles. The van der Waals surface area contributed by atoms with E-state index in [-0.39, 0.29) is 19.9 Å². The van der Waals surface area contributed by atoms with Crippen LogP contribution in [0.4, 0.5) is 0 Å². The Balaban J connectivity index is 1.84. The minimum absolute atomic E-state index is 0.191. The lowest BCUT2D eigenvalue weighted by Crippen LogP contribution is -2.09. The van der Waals surface area contributed by atoms with E-state index < -0.39 is 7.60 Å². The first-order valence-corrected chi connectivity index (χ1v) is 9.02. The molecule has 23 heavy (non-hydrogen) atoms. The van der Waals surface area contributed by atoms with Crippen LogP contribution in [0.25, 0.3) is 11.2 Å². The predicted octanol–water partition coefficient (Wildman–Crippen LogP) is 2.08. The predicted molar refractivity (Wildman–Crippen MR) is 83.6 cm³/mol. The smallest absolute Gasteiger partial charge is 0.330 e. The molecule has 128 valence electrons. The van der Waals surface area contributed by atoms with Crippen LogP contribution in [0.3, 0.4) is 0 Å². The van der Waals surface area contributed by atoms with Gasteiger partial charge in [-0.05, 0) is 6.92 Å². The second-order valence-electron chi connectivity index (χ2n) is 4.48. The fourth-order valence-electron chi connectivity index (χ4n) is 1.92. The molecule has 2 rings (SSSR count). The van der Waals surface area contributed by atoms with Crippen molar-refractivity contribution in [2.45, 2.75) is 20.6 Å². The normalized spacial score (nSPS) is 14.0. The van der Waals surface area contributed by atoms with E-state index in [4.69, 9.17) is 18.5 Å². The molecular weight excluding hydrogens is 323 g/mol. The maximum atomic E-state index is 12.1. The average molecular weight is 344 g/mol. The Morgan fingerprint density at radius 1 is 1.17 bits per heavy atom. The second-order valence-corrected chi connectivity index (χ2v) is 6.86. The molecule has 0 N–H and O–H groups in total. The zero-order chi connectivity index (χ0) is 16.7. The van der Waals surface area contributed by atoms with Gasteiger partial charge in [0.15, 0.2) is 11.2 Å². The third-order valence-corrected chi connectivity index (χ3v) is 5.02. The summed E-state index contributed by atoms with van der Waals surface area (Å²) in [7, 11) is -1.46. The Morgan fingerprint density at radius 2 is 2.00 bits per heavy atom. The van der Waals surface area contributed by atoms with Crippen molar-refractivity contribution in [1.29, 1.82) is 0 Å². The molecule has 0 bridgehead atoms. The van der Waals surface area contributed by atoms with Gasteiger partial charge in [-0.15, -0.1) is 0 Å². The molecule has 2 heterocycles. The highest BCUT2D eigenvalue weighted by molar-refractivity contribution is 7.53. The number of rotatable bonds is 10. The summed E-state index contributed by atoms with van der Waals surface area (Å²) in [5.74, 6) is 0.415. The topological polar surface area (TPSA) is 97.6 Å². The molecule has 0 amide bonds. The highest BCUT2D eigenvalue weighted by atomic mass is 31.2. The largest absolute Gasteiger partial charge is 0.479 e. The Kier molecular flexibility index (Phi) is 6.47. The summed E-state index contributed by atoms with van der Waals surface area (Å²) in [5.41, 5.74) is 1.19. The van der Waals surface area contributed by atoms with Crippen molar-refractivity contribution in [3.63, 3.8) is 0 Å². The molecule has 0 aliphatic carbocycles. The molecule has 0 aliphatic heterocycles. The van der Waals surface area contributed by atoms with Gasteiger partial charge in [0.25, 0.3) is 0 Å². The number of nitrogens with zero attached hydrogens (tertiary/aromatic N) is 4. The van der Waals surface area contributed by atoms with Gasteiger partial charge in [-0.25, -0.2) is 9.97 Å². The van der Waals surface area contributed by atoms with Gasteiger partial charge in [-0.3, -0.25) is 9.13 Å². The monoisotopic (exact) mass is 344 g/mol. The molecule has 0 fully saturated rings. The quantitative estimate of drug-likeness (QED) is 0.477. The van der Waals surface area contributed by atoms with E-state index in [2.05, 4.69) is 15.0 Å². The average Bonchev–Trinajstić information content (AvgIpc) is 2.98. The molecule has 2 aromatic rings. The number of aromatic nitrogens is 4. The number of hydrogen-bond acceptors (Lipinski definition) is 8. The van der Waals surface area contributed by atoms with Gasteiger partial charge in [-0.1, -0.05) is 6.92 Å². The lowest BCUT2D eigenvalue weighted by Gasteiger charge is -2.15. The molecule has 0 spiro atoms. The fourth-order valence-corrected chi connectivity index (χ4v) is 3.10. The maximum absolute atomic E-state index is 12.1. The number of methoxy groups -OCH3 is 1. The highest BCUT2D eigenvalue weighted by Crippen LogP contribution is 2.47. The Labute approximate surface area is 134 Å². The highest BCUT2D eigenvalue weighted by Gasteiger charge is 2.20. The summed E-state index contributed by atoms with van der Waals surface area (Å²) in [6.45, 7) is 4.61. The number of fused-ring (bicyclic) bond motifs is 1. The van der Waals surface area contributed by atoms with Crippen LogP contribution < -0.4 is 4.74 Å². The van der Waals surface area contributed by atoms with Crippen LogP contribution in [0, 0.1) is 0 Å². The summed E-state index contributed by atoms with van der Waals surface area (Å²) < 4.78 is 34.9. The van der Waals surface area contributed by atoms with E-state index in [0.29, 0.717) is 29.8 Å². The molecular formula is C13H21N4O5P. The Morgan fingerprint density at radius 3 is 2.70 bits per heavy atom. The number of hydrogen-bond donors (Lipinski definition) is 0. The van der Waals surface area contributed by atoms with Crippen molar-refractivity contribution in [2.75, 3.05) is 33.1 Å². The van der Waals surface area contributed by atoms with E-state index in [1.165, 1.54) is 13.4 Å². The molecule has 2 aromatic heterocycles. The molecule has 0 aliphatic rings. The molecule has 10 heteroatoms. The van der Waals surface area contributed by atoms with E-state index in [1.807, 2.05) is 0 Å². The van der Waals surface area contributed by atoms with Gasteiger partial charge >= 0.3 is 7.60 Å². The third kappa shape index (κ3) is 4.48. The first kappa shape index (κ1) is 17.8. The molecule has 0 saturated heterocycles. The fraction of sp³-hybridized carbons (Fsp3) is 0.615. The lowest BCUT2D eigenvalue weighted by atomic mass is 10.5. The molecule has 0 radical (unpaired) electrons. The van der Waals surface area contributed by atoms with Crippen LogP contribution in [-0.2, 0) is 25.1 Å². The summed E-state index contributed by atoms with van der Waals surface area (Å²) in [5, 5.41) is 0. The SMILES string of the molecule is CCOP(=O)(CC)OCCOCn1cnc2c(OC)ncnc21. The molecule has 1 unspecified atom stereocenters. The first-order chi connectivity index (χ1) is 11.1. The van der Waals surface area contributed by atoms with Crippen molar-refractivity contribution in [3.8, 4) is 5.88 Å². The van der Waals surface area contributed by atoms with Crippen LogP contribution in [0.5, 0.6) is 5.88 Å². The van der Waals surface area contributed by atoms with E-state index in [9.17, 15) is 4.57 Å². The van der Waals surface area contributed by atoms with Gasteiger partial charge in [0, 0.05) is 6.16 Å². The van der Waals surface area contributed by atoms with Gasteiger partial charge in [0.05, 0.1) is 33.3 Å². The minimum Gasteiger partial charge on any atom is -0.479 e. The van der Waals surface area contributed by atoms with Gasteiger partial charge < -0.3 is 18.5 Å². The standard InChI is InChI=1S/C13H21N4O5P/c1-4-21-23(18,5-2)22-7-6-20-10-17-9-16-11-12(17)14-8-15-13(11)19-3/h8-9H,4-7,10H2,1-3H3. The minimum atomic E-state index is -2.99. The summed E-state index contributed by atoms with van der Waals surface area (Å²) >= 11 is 0. The van der Waals surface area contributed by atoms with Crippen molar-refractivity contribution in [1.82, 2.24) is 19.5 Å². The summed E-state index contributed by atoms with van der Waals surface area (Å²) in [6.07, 6.45) is 3.34. The Hall–Kier alpha value is -1.54. The van der Waals surface area contributed by atoms with Gasteiger partial charge in [0.2, 0.25) is 5.88 Å². The lowest BCUT2D eigenvalue weighted by molar-refractivity contribution is 0.0509. The van der Waals surface area contributed by atoms with Gasteiger partial charge in [-0.2, -0.15) is 4.98 Å². The zero-order valence-corrected chi connectivity index (χ0v) is 14.4. The van der Waals surface area contributed by atoms with Crippen LogP contribution in [0.15, 0.2) is 12.7 Å². The van der Waals surface area contributed by atoms with Crippen molar-refractivity contribution < 1.29 is 23.1 Å². The third-order valence-electron chi connectivity index (χ3n) is 3.02.